The Kier molecular flexibility index (Phi) is 3.30. The minimum absolute atomic E-state index is 0.265. The average molecular weight is 154 g/mol. The highest BCUT2D eigenvalue weighted by Crippen LogP contribution is 2.13. The Labute approximate surface area is 67.2 Å². The number of ketones is 1. The van der Waals surface area contributed by atoms with Gasteiger partial charge in [-0.25, -0.2) is 0 Å². The van der Waals surface area contributed by atoms with Crippen molar-refractivity contribution in [2.75, 3.05) is 13.2 Å². The van der Waals surface area contributed by atoms with Crippen LogP contribution >= 0.6 is 0 Å². The number of ether oxygens (including phenoxy) is 1. The molecule has 0 spiro atoms. The Morgan fingerprint density at radius 2 is 2.45 bits per heavy atom. The van der Waals surface area contributed by atoms with Gasteiger partial charge in [-0.2, -0.15) is 0 Å². The van der Waals surface area contributed by atoms with E-state index in [1.54, 1.807) is 0 Å². The van der Waals surface area contributed by atoms with E-state index in [0.717, 1.165) is 25.0 Å². The van der Waals surface area contributed by atoms with E-state index in [1.807, 2.05) is 6.08 Å². The number of hydrogen-bond donors (Lipinski definition) is 0. The number of carbonyl (C=O) groups is 1. The fourth-order valence-electron chi connectivity index (χ4n) is 1.12. The molecule has 1 aliphatic rings. The number of rotatable bonds is 4. The summed E-state index contributed by atoms with van der Waals surface area (Å²) in [5.74, 6) is 0.265. The first kappa shape index (κ1) is 8.47. The fourth-order valence-corrected chi connectivity index (χ4v) is 1.12. The van der Waals surface area contributed by atoms with E-state index >= 15 is 0 Å². The Hall–Kier alpha value is -0.630. The van der Waals surface area contributed by atoms with E-state index in [2.05, 4.69) is 6.92 Å². The summed E-state index contributed by atoms with van der Waals surface area (Å²) in [6.45, 7) is 3.34. The summed E-state index contributed by atoms with van der Waals surface area (Å²) in [5.41, 5.74) is 0.874. The highest BCUT2D eigenvalue weighted by molar-refractivity contribution is 5.97. The first-order valence-corrected chi connectivity index (χ1v) is 4.14. The van der Waals surface area contributed by atoms with E-state index in [-0.39, 0.29) is 5.78 Å². The molecule has 0 radical (unpaired) electrons. The summed E-state index contributed by atoms with van der Waals surface area (Å²) in [4.78, 5) is 11.0. The van der Waals surface area contributed by atoms with Crippen LogP contribution in [0.25, 0.3) is 0 Å². The number of hydrogen-bond acceptors (Lipinski definition) is 2. The predicted molar refractivity (Wildman–Crippen MR) is 43.4 cm³/mol. The number of Topliss-reactive ketones (excluding diaryl/α,β-unsaturated/α-hetero) is 1. The van der Waals surface area contributed by atoms with Gasteiger partial charge < -0.3 is 4.74 Å². The van der Waals surface area contributed by atoms with Gasteiger partial charge in [0.25, 0.3) is 0 Å². The lowest BCUT2D eigenvalue weighted by Crippen LogP contribution is -2.04. The van der Waals surface area contributed by atoms with Gasteiger partial charge in [-0.05, 0) is 12.8 Å². The van der Waals surface area contributed by atoms with Gasteiger partial charge >= 0.3 is 0 Å². The van der Waals surface area contributed by atoms with Crippen molar-refractivity contribution in [2.24, 2.45) is 0 Å². The number of allylic oxidation sites excluding steroid dienone is 1. The lowest BCUT2D eigenvalue weighted by atomic mass is 10.2. The zero-order valence-corrected chi connectivity index (χ0v) is 6.93. The van der Waals surface area contributed by atoms with Gasteiger partial charge in [0.1, 0.15) is 0 Å². The van der Waals surface area contributed by atoms with E-state index in [9.17, 15) is 4.79 Å². The lowest BCUT2D eigenvalue weighted by Gasteiger charge is -2.00. The summed E-state index contributed by atoms with van der Waals surface area (Å²) in [7, 11) is 0. The second kappa shape index (κ2) is 4.29. The highest BCUT2D eigenvalue weighted by Gasteiger charge is 2.13. The first-order chi connectivity index (χ1) is 5.34. The molecule has 0 N–H and O–H groups in total. The molecule has 0 aromatic heterocycles. The average Bonchev–Trinajstić information content (AvgIpc) is 2.37. The molecule has 0 amide bonds. The second-order valence-electron chi connectivity index (χ2n) is 2.74. The van der Waals surface area contributed by atoms with Crippen molar-refractivity contribution in [1.29, 1.82) is 0 Å². The summed E-state index contributed by atoms with van der Waals surface area (Å²) >= 11 is 0. The molecule has 1 rings (SSSR count). The van der Waals surface area contributed by atoms with Crippen LogP contribution in [0.2, 0.25) is 0 Å². The van der Waals surface area contributed by atoms with Crippen LogP contribution < -0.4 is 0 Å². The van der Waals surface area contributed by atoms with Crippen molar-refractivity contribution in [3.63, 3.8) is 0 Å². The Bertz CT molecular complexity index is 170. The van der Waals surface area contributed by atoms with E-state index < -0.39 is 0 Å². The van der Waals surface area contributed by atoms with Crippen LogP contribution in [0.4, 0.5) is 0 Å². The molecular weight excluding hydrogens is 140 g/mol. The molecule has 1 aliphatic carbocycles. The zero-order valence-electron chi connectivity index (χ0n) is 6.93. The Morgan fingerprint density at radius 1 is 1.64 bits per heavy atom. The van der Waals surface area contributed by atoms with E-state index in [0.29, 0.717) is 13.0 Å². The maximum absolute atomic E-state index is 11.0. The molecule has 11 heavy (non-hydrogen) atoms. The third-order valence-electron chi connectivity index (χ3n) is 1.73. The maximum Gasteiger partial charge on any atom is 0.161 e. The lowest BCUT2D eigenvalue weighted by molar-refractivity contribution is -0.115. The molecule has 0 fully saturated rings. The van der Waals surface area contributed by atoms with Gasteiger partial charge in [0.05, 0.1) is 6.61 Å². The van der Waals surface area contributed by atoms with Crippen LogP contribution in [0, 0.1) is 0 Å². The van der Waals surface area contributed by atoms with Crippen LogP contribution in [0.1, 0.15) is 26.2 Å². The fraction of sp³-hybridized carbons (Fsp3) is 0.667. The molecule has 62 valence electrons. The molecule has 0 unspecified atom stereocenters. The molecule has 0 aromatic carbocycles. The Morgan fingerprint density at radius 3 is 3.00 bits per heavy atom. The largest absolute Gasteiger partial charge is 0.377 e. The molecule has 0 bridgehead atoms. The maximum atomic E-state index is 11.0. The first-order valence-electron chi connectivity index (χ1n) is 4.14. The van der Waals surface area contributed by atoms with Gasteiger partial charge in [0, 0.05) is 18.6 Å². The van der Waals surface area contributed by atoms with Crippen LogP contribution in [0.3, 0.4) is 0 Å². The summed E-state index contributed by atoms with van der Waals surface area (Å²) < 4.78 is 5.25. The van der Waals surface area contributed by atoms with Crippen LogP contribution in [0.5, 0.6) is 0 Å². The summed E-state index contributed by atoms with van der Waals surface area (Å²) in [6, 6.07) is 0. The third kappa shape index (κ3) is 2.46. The van der Waals surface area contributed by atoms with Crippen LogP contribution in [0.15, 0.2) is 11.6 Å². The zero-order chi connectivity index (χ0) is 8.10. The van der Waals surface area contributed by atoms with Gasteiger partial charge in [-0.3, -0.25) is 4.79 Å². The molecule has 0 atom stereocenters. The molecule has 2 heteroatoms. The van der Waals surface area contributed by atoms with E-state index in [1.165, 1.54) is 0 Å². The third-order valence-corrected chi connectivity index (χ3v) is 1.73. The monoisotopic (exact) mass is 154 g/mol. The van der Waals surface area contributed by atoms with Crippen molar-refractivity contribution in [1.82, 2.24) is 0 Å². The van der Waals surface area contributed by atoms with Crippen molar-refractivity contribution in [3.8, 4) is 0 Å². The second-order valence-corrected chi connectivity index (χ2v) is 2.74. The molecule has 0 heterocycles. The number of carbonyl (C=O) groups excluding carboxylic acids is 1. The van der Waals surface area contributed by atoms with Crippen molar-refractivity contribution >= 4 is 5.78 Å². The molecule has 0 saturated carbocycles. The Balaban J connectivity index is 2.20. The smallest absolute Gasteiger partial charge is 0.161 e. The van der Waals surface area contributed by atoms with Crippen LogP contribution in [-0.4, -0.2) is 19.0 Å². The minimum atomic E-state index is 0.265. The van der Waals surface area contributed by atoms with Crippen molar-refractivity contribution in [3.05, 3.63) is 11.6 Å². The summed E-state index contributed by atoms with van der Waals surface area (Å²) in [5, 5.41) is 0. The minimum Gasteiger partial charge on any atom is -0.377 e. The SMILES string of the molecule is CCCOCC1=CCCC1=O. The summed E-state index contributed by atoms with van der Waals surface area (Å²) in [6.07, 6.45) is 4.59. The van der Waals surface area contributed by atoms with Gasteiger partial charge in [-0.15, -0.1) is 0 Å². The normalized spacial score (nSPS) is 17.2. The van der Waals surface area contributed by atoms with Gasteiger partial charge in [-0.1, -0.05) is 13.0 Å². The predicted octanol–water partition coefficient (Wildman–Crippen LogP) is 1.70. The standard InChI is InChI=1S/C9H14O2/c1-2-6-11-7-8-4-3-5-9(8)10/h4H,2-3,5-7H2,1H3. The highest BCUT2D eigenvalue weighted by atomic mass is 16.5. The quantitative estimate of drug-likeness (QED) is 0.576. The van der Waals surface area contributed by atoms with Gasteiger partial charge in [0.15, 0.2) is 5.78 Å². The molecule has 2 nitrogen and oxygen atoms in total. The molecule has 0 aliphatic heterocycles. The van der Waals surface area contributed by atoms with Crippen molar-refractivity contribution < 1.29 is 9.53 Å². The topological polar surface area (TPSA) is 26.3 Å². The van der Waals surface area contributed by atoms with Crippen LogP contribution in [-0.2, 0) is 9.53 Å². The van der Waals surface area contributed by atoms with Gasteiger partial charge in [0.2, 0.25) is 0 Å². The molecular formula is C9H14O2. The molecule has 0 saturated heterocycles. The molecule has 0 aromatic rings. The van der Waals surface area contributed by atoms with E-state index in [4.69, 9.17) is 4.74 Å². The van der Waals surface area contributed by atoms with Crippen molar-refractivity contribution in [2.45, 2.75) is 26.2 Å².